The first-order valence-electron chi connectivity index (χ1n) is 9.14. The van der Waals surface area contributed by atoms with E-state index in [0.29, 0.717) is 18.7 Å². The van der Waals surface area contributed by atoms with E-state index in [-0.39, 0.29) is 22.6 Å². The van der Waals surface area contributed by atoms with E-state index < -0.39 is 16.6 Å². The quantitative estimate of drug-likeness (QED) is 0.662. The van der Waals surface area contributed by atoms with Crippen LogP contribution in [-0.2, 0) is 10.0 Å². The van der Waals surface area contributed by atoms with E-state index in [0.717, 1.165) is 5.56 Å². The number of amides is 1. The van der Waals surface area contributed by atoms with Gasteiger partial charge in [0.2, 0.25) is 10.0 Å². The second kappa shape index (κ2) is 9.80. The molecule has 2 aromatic carbocycles. The molecule has 1 unspecified atom stereocenters. The highest BCUT2D eigenvalue weighted by atomic mass is 32.2. The zero-order chi connectivity index (χ0) is 21.6. The van der Waals surface area contributed by atoms with Crippen molar-refractivity contribution in [2.75, 3.05) is 13.1 Å². The Kier molecular flexibility index (Phi) is 7.69. The smallest absolute Gasteiger partial charge is 0.387 e. The molecule has 0 aliphatic carbocycles. The highest BCUT2D eigenvalue weighted by Crippen LogP contribution is 2.20. The molecule has 9 heteroatoms. The van der Waals surface area contributed by atoms with Crippen molar-refractivity contribution < 1.29 is 26.7 Å². The molecule has 2 aromatic rings. The topological polar surface area (TPSA) is 75.7 Å². The van der Waals surface area contributed by atoms with Crippen molar-refractivity contribution in [2.45, 2.75) is 38.3 Å². The van der Waals surface area contributed by atoms with Gasteiger partial charge < -0.3 is 10.1 Å². The van der Waals surface area contributed by atoms with Gasteiger partial charge >= 0.3 is 6.61 Å². The fourth-order valence-electron chi connectivity index (χ4n) is 2.79. The lowest BCUT2D eigenvalue weighted by molar-refractivity contribution is -0.0498. The third kappa shape index (κ3) is 5.74. The number of ether oxygens (including phenoxy) is 1. The maximum absolute atomic E-state index is 12.5. The van der Waals surface area contributed by atoms with Gasteiger partial charge in [0.15, 0.2) is 0 Å². The molecular weight excluding hydrogens is 402 g/mol. The van der Waals surface area contributed by atoms with E-state index in [9.17, 15) is 22.0 Å². The Morgan fingerprint density at radius 3 is 2.07 bits per heavy atom. The van der Waals surface area contributed by atoms with Crippen LogP contribution in [0.15, 0.2) is 53.4 Å². The summed E-state index contributed by atoms with van der Waals surface area (Å²) in [5.41, 5.74) is 1.02. The number of nitrogens with one attached hydrogen (secondary N) is 1. The molecule has 0 aliphatic heterocycles. The summed E-state index contributed by atoms with van der Waals surface area (Å²) in [6.07, 6.45) is 0. The normalized spacial score (nSPS) is 12.8. The number of carbonyl (C=O) groups excluding carboxylic acids is 1. The summed E-state index contributed by atoms with van der Waals surface area (Å²) in [5, 5.41) is 2.79. The molecule has 1 amide bonds. The number of nitrogens with zero attached hydrogens (tertiary/aromatic N) is 1. The number of rotatable bonds is 9. The Morgan fingerprint density at radius 2 is 1.59 bits per heavy atom. The monoisotopic (exact) mass is 426 g/mol. The van der Waals surface area contributed by atoms with E-state index in [1.54, 1.807) is 32.9 Å². The van der Waals surface area contributed by atoms with Crippen LogP contribution in [-0.4, -0.2) is 38.3 Å². The Bertz CT molecular complexity index is 913. The number of carbonyl (C=O) groups is 1. The van der Waals surface area contributed by atoms with E-state index in [1.165, 1.54) is 40.7 Å². The van der Waals surface area contributed by atoms with Crippen molar-refractivity contribution in [1.29, 1.82) is 0 Å². The first-order valence-corrected chi connectivity index (χ1v) is 10.6. The van der Waals surface area contributed by atoms with Crippen LogP contribution in [0.3, 0.4) is 0 Å². The number of benzene rings is 2. The number of hydrogen-bond acceptors (Lipinski definition) is 4. The molecular formula is C20H24F2N2O4S. The lowest BCUT2D eigenvalue weighted by Crippen LogP contribution is -2.30. The molecule has 0 spiro atoms. The summed E-state index contributed by atoms with van der Waals surface area (Å²) in [6, 6.07) is 11.3. The van der Waals surface area contributed by atoms with E-state index >= 15 is 0 Å². The van der Waals surface area contributed by atoms with Crippen LogP contribution in [0.5, 0.6) is 5.75 Å². The Labute approximate surface area is 169 Å². The first kappa shape index (κ1) is 22.8. The average molecular weight is 426 g/mol. The predicted molar refractivity (Wildman–Crippen MR) is 106 cm³/mol. The Balaban J connectivity index is 2.07. The van der Waals surface area contributed by atoms with Crippen LogP contribution < -0.4 is 10.1 Å². The van der Waals surface area contributed by atoms with Crippen LogP contribution in [0, 0.1) is 0 Å². The molecule has 0 aliphatic rings. The van der Waals surface area contributed by atoms with Gasteiger partial charge in [-0.05, 0) is 48.9 Å². The van der Waals surface area contributed by atoms with Crippen molar-refractivity contribution in [3.05, 3.63) is 59.7 Å². The highest BCUT2D eigenvalue weighted by molar-refractivity contribution is 7.89. The zero-order valence-corrected chi connectivity index (χ0v) is 17.2. The van der Waals surface area contributed by atoms with Crippen LogP contribution >= 0.6 is 0 Å². The molecule has 0 bridgehead atoms. The van der Waals surface area contributed by atoms with Gasteiger partial charge in [-0.15, -0.1) is 0 Å². The number of hydrogen-bond donors (Lipinski definition) is 1. The second-order valence-electron chi connectivity index (χ2n) is 6.26. The molecule has 0 aromatic heterocycles. The minimum atomic E-state index is -3.54. The molecule has 158 valence electrons. The van der Waals surface area contributed by atoms with Gasteiger partial charge in [-0.2, -0.15) is 13.1 Å². The number of sulfonamides is 1. The van der Waals surface area contributed by atoms with Gasteiger partial charge in [0.1, 0.15) is 5.75 Å². The largest absolute Gasteiger partial charge is 0.435 e. The summed E-state index contributed by atoms with van der Waals surface area (Å²) >= 11 is 0. The van der Waals surface area contributed by atoms with Crippen molar-refractivity contribution >= 4 is 15.9 Å². The van der Waals surface area contributed by atoms with Gasteiger partial charge in [0.25, 0.3) is 5.91 Å². The minimum Gasteiger partial charge on any atom is -0.435 e. The summed E-state index contributed by atoms with van der Waals surface area (Å²) in [6.45, 7) is 3.16. The zero-order valence-electron chi connectivity index (χ0n) is 16.4. The molecule has 0 radical (unpaired) electrons. The van der Waals surface area contributed by atoms with Gasteiger partial charge in [-0.3, -0.25) is 4.79 Å². The lowest BCUT2D eigenvalue weighted by atomic mass is 10.1. The molecule has 6 nitrogen and oxygen atoms in total. The summed E-state index contributed by atoms with van der Waals surface area (Å²) in [7, 11) is -3.54. The van der Waals surface area contributed by atoms with Crippen LogP contribution in [0.2, 0.25) is 0 Å². The van der Waals surface area contributed by atoms with Crippen LogP contribution in [0.4, 0.5) is 8.78 Å². The molecule has 0 fully saturated rings. The third-order valence-electron chi connectivity index (χ3n) is 4.41. The minimum absolute atomic E-state index is 0.0328. The van der Waals surface area contributed by atoms with Crippen LogP contribution in [0.25, 0.3) is 0 Å². The number of halogens is 2. The van der Waals surface area contributed by atoms with Gasteiger partial charge in [-0.25, -0.2) is 8.42 Å². The predicted octanol–water partition coefficient (Wildman–Crippen LogP) is 3.81. The van der Waals surface area contributed by atoms with Gasteiger partial charge in [0, 0.05) is 18.7 Å². The fraction of sp³-hybridized carbons (Fsp3) is 0.350. The SMILES string of the molecule is CCN(CC)S(=O)(=O)c1ccc(C(C)NC(=O)c2ccc(OC(F)F)cc2)cc1. The molecule has 0 saturated heterocycles. The lowest BCUT2D eigenvalue weighted by Gasteiger charge is -2.19. The molecule has 29 heavy (non-hydrogen) atoms. The number of alkyl halides is 2. The van der Waals surface area contributed by atoms with Crippen molar-refractivity contribution in [3.63, 3.8) is 0 Å². The summed E-state index contributed by atoms with van der Waals surface area (Å²) in [5.74, 6) is -0.421. The van der Waals surface area contributed by atoms with Gasteiger partial charge in [-0.1, -0.05) is 26.0 Å². The van der Waals surface area contributed by atoms with Crippen LogP contribution in [0.1, 0.15) is 42.7 Å². The highest BCUT2D eigenvalue weighted by Gasteiger charge is 2.21. The average Bonchev–Trinajstić information content (AvgIpc) is 2.68. The third-order valence-corrected chi connectivity index (χ3v) is 6.48. The van der Waals surface area contributed by atoms with E-state index in [2.05, 4.69) is 10.1 Å². The van der Waals surface area contributed by atoms with E-state index in [4.69, 9.17) is 0 Å². The van der Waals surface area contributed by atoms with Crippen molar-refractivity contribution in [2.24, 2.45) is 0 Å². The van der Waals surface area contributed by atoms with Gasteiger partial charge in [0.05, 0.1) is 10.9 Å². The van der Waals surface area contributed by atoms with E-state index in [1.807, 2.05) is 0 Å². The molecule has 2 rings (SSSR count). The summed E-state index contributed by atoms with van der Waals surface area (Å²) in [4.78, 5) is 12.5. The van der Waals surface area contributed by atoms with Crippen molar-refractivity contribution in [1.82, 2.24) is 9.62 Å². The molecule has 1 atom stereocenters. The Hall–Kier alpha value is -2.52. The molecule has 1 N–H and O–H groups in total. The first-order chi connectivity index (χ1) is 13.7. The Morgan fingerprint density at radius 1 is 1.03 bits per heavy atom. The maximum Gasteiger partial charge on any atom is 0.387 e. The standard InChI is InChI=1S/C20H24F2N2O4S/c1-4-24(5-2)29(26,27)18-12-8-15(9-13-18)14(3)23-19(25)16-6-10-17(11-7-16)28-20(21)22/h6-14,20H,4-5H2,1-3H3,(H,23,25). The molecule has 0 heterocycles. The summed E-state index contributed by atoms with van der Waals surface area (Å²) < 4.78 is 55.1. The van der Waals surface area contributed by atoms with Crippen molar-refractivity contribution in [3.8, 4) is 5.75 Å². The maximum atomic E-state index is 12.5. The second-order valence-corrected chi connectivity index (χ2v) is 8.19. The molecule has 0 saturated carbocycles. The fourth-order valence-corrected chi connectivity index (χ4v) is 4.25.